The number of fused-ring (bicyclic) bond motifs is 1. The molecule has 0 radical (unpaired) electrons. The molecule has 4 aliphatic rings. The number of para-hydroxylation sites is 1. The lowest BCUT2D eigenvalue weighted by Crippen LogP contribution is -2.48. The molecule has 1 aromatic heterocycles. The summed E-state index contributed by atoms with van der Waals surface area (Å²) in [4.78, 5) is 7.02. The van der Waals surface area contributed by atoms with Crippen LogP contribution >= 0.6 is 0 Å². The number of aromatic nitrogens is 1. The maximum absolute atomic E-state index is 11.3. The largest absolute Gasteiger partial charge is 0.382 e. The molecular weight excluding hydrogens is 380 g/mol. The van der Waals surface area contributed by atoms with E-state index in [1.54, 1.807) is 0 Å². The quantitative estimate of drug-likeness (QED) is 0.584. The SMILES string of the molecule is CN(C)c1ccc(C(O)c2cc(C34CC5CC(CC(C5)C3)C4)c3ccccc3n2)cc1. The van der Waals surface area contributed by atoms with Gasteiger partial charge in [-0.3, -0.25) is 0 Å². The molecule has 7 rings (SSSR count). The Morgan fingerprint density at radius 3 is 2.13 bits per heavy atom. The molecule has 3 nitrogen and oxygen atoms in total. The van der Waals surface area contributed by atoms with Crippen LogP contribution in [0.15, 0.2) is 54.6 Å². The van der Waals surface area contributed by atoms with E-state index in [0.29, 0.717) is 0 Å². The van der Waals surface area contributed by atoms with E-state index in [-0.39, 0.29) is 5.41 Å². The Morgan fingerprint density at radius 2 is 1.52 bits per heavy atom. The maximum Gasteiger partial charge on any atom is 0.121 e. The molecule has 31 heavy (non-hydrogen) atoms. The minimum Gasteiger partial charge on any atom is -0.382 e. The monoisotopic (exact) mass is 412 g/mol. The van der Waals surface area contributed by atoms with E-state index < -0.39 is 6.10 Å². The average molecular weight is 413 g/mol. The predicted octanol–water partition coefficient (Wildman–Crippen LogP) is 5.85. The van der Waals surface area contributed by atoms with E-state index >= 15 is 0 Å². The molecule has 0 spiro atoms. The molecule has 4 bridgehead atoms. The highest BCUT2D eigenvalue weighted by Gasteiger charge is 2.52. The number of anilines is 1. The summed E-state index contributed by atoms with van der Waals surface area (Å²) in [5.74, 6) is 2.68. The van der Waals surface area contributed by atoms with E-state index in [0.717, 1.165) is 40.2 Å². The fourth-order valence-electron chi connectivity index (χ4n) is 7.34. The van der Waals surface area contributed by atoms with Gasteiger partial charge in [0.25, 0.3) is 0 Å². The van der Waals surface area contributed by atoms with Crippen LogP contribution in [0.1, 0.15) is 61.4 Å². The van der Waals surface area contributed by atoms with Crippen LogP contribution in [0.2, 0.25) is 0 Å². The van der Waals surface area contributed by atoms with Crippen LogP contribution in [0, 0.1) is 17.8 Å². The molecule has 0 aliphatic heterocycles. The van der Waals surface area contributed by atoms with Crippen LogP contribution in [0.25, 0.3) is 10.9 Å². The molecule has 160 valence electrons. The first-order chi connectivity index (χ1) is 15.0. The van der Waals surface area contributed by atoms with Gasteiger partial charge in [0, 0.05) is 25.2 Å². The zero-order valence-electron chi connectivity index (χ0n) is 18.6. The normalized spacial score (nSPS) is 30.0. The molecule has 3 aromatic rings. The van der Waals surface area contributed by atoms with Crippen molar-refractivity contribution in [1.82, 2.24) is 4.98 Å². The van der Waals surface area contributed by atoms with Crippen LogP contribution in [0.3, 0.4) is 0 Å². The predicted molar refractivity (Wildman–Crippen MR) is 126 cm³/mol. The standard InChI is InChI=1S/C28H32N2O/c1-30(2)22-9-7-21(8-10-22)27(31)26-14-24(23-5-3-4-6-25(23)29-26)28-15-18-11-19(16-28)13-20(12-18)17-28/h3-10,14,18-20,27,31H,11-13,15-17H2,1-2H3. The molecule has 2 aromatic carbocycles. The third-order valence-electron chi connectivity index (χ3n) is 8.35. The van der Waals surface area contributed by atoms with Gasteiger partial charge in [0.2, 0.25) is 0 Å². The summed E-state index contributed by atoms with van der Waals surface area (Å²) in [5, 5.41) is 12.6. The third kappa shape index (κ3) is 3.17. The Balaban J connectivity index is 1.45. The van der Waals surface area contributed by atoms with Crippen LogP contribution in [-0.2, 0) is 5.41 Å². The second kappa shape index (κ2) is 7.06. The topological polar surface area (TPSA) is 36.4 Å². The van der Waals surface area contributed by atoms with Gasteiger partial charge in [-0.2, -0.15) is 0 Å². The smallest absolute Gasteiger partial charge is 0.121 e. The number of pyridine rings is 1. The highest BCUT2D eigenvalue weighted by atomic mass is 16.3. The van der Waals surface area contributed by atoms with Crippen molar-refractivity contribution in [1.29, 1.82) is 0 Å². The third-order valence-corrected chi connectivity index (χ3v) is 8.35. The van der Waals surface area contributed by atoms with Gasteiger partial charge < -0.3 is 10.0 Å². The van der Waals surface area contributed by atoms with Crippen molar-refractivity contribution in [3.63, 3.8) is 0 Å². The van der Waals surface area contributed by atoms with Gasteiger partial charge in [-0.1, -0.05) is 30.3 Å². The number of aliphatic hydroxyl groups is 1. The average Bonchev–Trinajstić information content (AvgIpc) is 2.77. The maximum atomic E-state index is 11.3. The lowest BCUT2D eigenvalue weighted by Gasteiger charge is -2.57. The van der Waals surface area contributed by atoms with Crippen molar-refractivity contribution < 1.29 is 5.11 Å². The van der Waals surface area contributed by atoms with Crippen LogP contribution in [-0.4, -0.2) is 24.2 Å². The zero-order chi connectivity index (χ0) is 21.2. The first-order valence-corrected chi connectivity index (χ1v) is 11.9. The molecule has 4 aliphatic carbocycles. The Kier molecular flexibility index (Phi) is 4.40. The molecule has 1 unspecified atom stereocenters. The summed E-state index contributed by atoms with van der Waals surface area (Å²) in [6.07, 6.45) is 7.58. The van der Waals surface area contributed by atoms with Crippen LogP contribution in [0.4, 0.5) is 5.69 Å². The van der Waals surface area contributed by atoms with Crippen molar-refractivity contribution >= 4 is 16.6 Å². The molecule has 1 heterocycles. The molecule has 0 amide bonds. The summed E-state index contributed by atoms with van der Waals surface area (Å²) in [6, 6.07) is 19.0. The number of hydrogen-bond acceptors (Lipinski definition) is 3. The van der Waals surface area contributed by atoms with Gasteiger partial charge >= 0.3 is 0 Å². The van der Waals surface area contributed by atoms with Crippen molar-refractivity contribution in [2.45, 2.75) is 50.0 Å². The van der Waals surface area contributed by atoms with Gasteiger partial charge in [-0.15, -0.1) is 0 Å². The van der Waals surface area contributed by atoms with Gasteiger partial charge in [0.15, 0.2) is 0 Å². The Morgan fingerprint density at radius 1 is 0.903 bits per heavy atom. The number of rotatable bonds is 4. The number of aliphatic hydroxyl groups excluding tert-OH is 1. The fourth-order valence-corrected chi connectivity index (χ4v) is 7.34. The molecule has 4 saturated carbocycles. The zero-order valence-corrected chi connectivity index (χ0v) is 18.6. The Labute approximate surface area is 185 Å². The molecule has 3 heteroatoms. The second-order valence-corrected chi connectivity index (χ2v) is 10.7. The van der Waals surface area contributed by atoms with Gasteiger partial charge in [0.05, 0.1) is 11.2 Å². The Hall–Kier alpha value is -2.39. The van der Waals surface area contributed by atoms with E-state index in [2.05, 4.69) is 47.4 Å². The van der Waals surface area contributed by atoms with Gasteiger partial charge in [0.1, 0.15) is 6.10 Å². The summed E-state index contributed by atoms with van der Waals surface area (Å²) in [7, 11) is 4.07. The minimum absolute atomic E-state index is 0.278. The van der Waals surface area contributed by atoms with Crippen LogP contribution in [0.5, 0.6) is 0 Å². The number of nitrogens with zero attached hydrogens (tertiary/aromatic N) is 2. The highest BCUT2D eigenvalue weighted by Crippen LogP contribution is 2.61. The second-order valence-electron chi connectivity index (χ2n) is 10.7. The summed E-state index contributed by atoms with van der Waals surface area (Å²) in [5.41, 5.74) is 5.59. The summed E-state index contributed by atoms with van der Waals surface area (Å²) in [6.45, 7) is 0. The van der Waals surface area contributed by atoms with Crippen molar-refractivity contribution in [2.75, 3.05) is 19.0 Å². The van der Waals surface area contributed by atoms with Gasteiger partial charge in [-0.25, -0.2) is 4.98 Å². The minimum atomic E-state index is -0.700. The number of hydrogen-bond donors (Lipinski definition) is 1. The molecule has 0 saturated heterocycles. The molecule has 1 atom stereocenters. The van der Waals surface area contributed by atoms with Crippen molar-refractivity contribution in [2.24, 2.45) is 17.8 Å². The van der Waals surface area contributed by atoms with Crippen molar-refractivity contribution in [3.05, 3.63) is 71.4 Å². The Bertz CT molecular complexity index is 1080. The molecule has 4 fully saturated rings. The van der Waals surface area contributed by atoms with E-state index in [1.165, 1.54) is 49.5 Å². The molecular formula is C28H32N2O. The van der Waals surface area contributed by atoms with E-state index in [1.807, 2.05) is 26.2 Å². The summed E-state index contributed by atoms with van der Waals surface area (Å²) < 4.78 is 0. The lowest BCUT2D eigenvalue weighted by molar-refractivity contribution is -0.00460. The number of benzene rings is 2. The fraction of sp³-hybridized carbons (Fsp3) is 0.464. The summed E-state index contributed by atoms with van der Waals surface area (Å²) >= 11 is 0. The first kappa shape index (κ1) is 19.3. The first-order valence-electron chi connectivity index (χ1n) is 11.9. The lowest BCUT2D eigenvalue weighted by atomic mass is 9.48. The van der Waals surface area contributed by atoms with Crippen LogP contribution < -0.4 is 4.90 Å². The van der Waals surface area contributed by atoms with Gasteiger partial charge in [-0.05, 0) is 97.1 Å². The molecule has 1 N–H and O–H groups in total. The van der Waals surface area contributed by atoms with E-state index in [9.17, 15) is 5.11 Å². The highest BCUT2D eigenvalue weighted by molar-refractivity contribution is 5.84. The van der Waals surface area contributed by atoms with Crippen molar-refractivity contribution in [3.8, 4) is 0 Å². The van der Waals surface area contributed by atoms with E-state index in [4.69, 9.17) is 4.98 Å².